The summed E-state index contributed by atoms with van der Waals surface area (Å²) in [6.45, 7) is 0. The van der Waals surface area contributed by atoms with Crippen molar-refractivity contribution in [1.29, 1.82) is 0 Å². The molecule has 3 nitrogen and oxygen atoms in total. The second kappa shape index (κ2) is 7.53. The van der Waals surface area contributed by atoms with Crippen LogP contribution in [0.25, 0.3) is 11.8 Å². The van der Waals surface area contributed by atoms with Crippen LogP contribution in [0.3, 0.4) is 0 Å². The number of hydrogen-bond donors (Lipinski definition) is 0. The van der Waals surface area contributed by atoms with Crippen molar-refractivity contribution in [3.63, 3.8) is 0 Å². The molecule has 32 heavy (non-hydrogen) atoms. The van der Waals surface area contributed by atoms with Crippen LogP contribution in [0.1, 0.15) is 34.7 Å². The Balaban J connectivity index is 1.62. The average molecular weight is 439 g/mol. The maximum Gasteiger partial charge on any atom is 0.271 e. The minimum absolute atomic E-state index is 0.0580. The van der Waals surface area contributed by atoms with E-state index in [0.717, 1.165) is 35.2 Å². The van der Waals surface area contributed by atoms with Crippen LogP contribution in [0.15, 0.2) is 94.2 Å². The summed E-state index contributed by atoms with van der Waals surface area (Å²) in [5.41, 5.74) is 6.46. The van der Waals surface area contributed by atoms with E-state index in [0.29, 0.717) is 9.33 Å². The zero-order chi connectivity index (χ0) is 21.7. The van der Waals surface area contributed by atoms with Gasteiger partial charge in [-0.15, -0.1) is 0 Å². The highest BCUT2D eigenvalue weighted by Crippen LogP contribution is 2.41. The minimum atomic E-state index is -0.293. The average Bonchev–Trinajstić information content (AvgIpc) is 3.14. The molecular formula is C27H19FN2OS. The van der Waals surface area contributed by atoms with Crippen LogP contribution in [-0.4, -0.2) is 4.57 Å². The van der Waals surface area contributed by atoms with Gasteiger partial charge in [0, 0.05) is 5.56 Å². The molecule has 0 radical (unpaired) electrons. The molecule has 1 aromatic heterocycles. The molecule has 0 saturated carbocycles. The van der Waals surface area contributed by atoms with Crippen LogP contribution in [-0.2, 0) is 6.42 Å². The van der Waals surface area contributed by atoms with E-state index < -0.39 is 0 Å². The molecule has 0 fully saturated rings. The van der Waals surface area contributed by atoms with E-state index in [-0.39, 0.29) is 17.4 Å². The smallest absolute Gasteiger partial charge is 0.271 e. The highest BCUT2D eigenvalue weighted by Gasteiger charge is 2.32. The summed E-state index contributed by atoms with van der Waals surface area (Å²) in [7, 11) is 0. The molecular weight excluding hydrogens is 419 g/mol. The van der Waals surface area contributed by atoms with E-state index in [1.54, 1.807) is 12.1 Å². The molecule has 0 bridgehead atoms. The van der Waals surface area contributed by atoms with Crippen molar-refractivity contribution in [1.82, 2.24) is 4.57 Å². The van der Waals surface area contributed by atoms with Crippen LogP contribution in [0, 0.1) is 5.82 Å². The zero-order valence-corrected chi connectivity index (χ0v) is 18.0. The molecule has 156 valence electrons. The predicted octanol–water partition coefficient (Wildman–Crippen LogP) is 4.46. The van der Waals surface area contributed by atoms with Crippen molar-refractivity contribution in [2.75, 3.05) is 0 Å². The summed E-state index contributed by atoms with van der Waals surface area (Å²) >= 11 is 1.39. The summed E-state index contributed by atoms with van der Waals surface area (Å²) in [6, 6.07) is 24.6. The Morgan fingerprint density at radius 3 is 2.50 bits per heavy atom. The third-order valence-electron chi connectivity index (χ3n) is 6.16. The number of rotatable bonds is 2. The normalized spacial score (nSPS) is 17.4. The highest BCUT2D eigenvalue weighted by molar-refractivity contribution is 7.07. The molecule has 1 aliphatic heterocycles. The second-order valence-electron chi connectivity index (χ2n) is 8.08. The Morgan fingerprint density at radius 2 is 1.69 bits per heavy atom. The van der Waals surface area contributed by atoms with Gasteiger partial charge >= 0.3 is 0 Å². The molecule has 3 aromatic carbocycles. The van der Waals surface area contributed by atoms with Gasteiger partial charge in [-0.3, -0.25) is 9.36 Å². The topological polar surface area (TPSA) is 34.4 Å². The van der Waals surface area contributed by atoms with Gasteiger partial charge in [-0.05, 0) is 53.3 Å². The molecule has 0 unspecified atom stereocenters. The second-order valence-corrected chi connectivity index (χ2v) is 9.09. The van der Waals surface area contributed by atoms with Crippen LogP contribution in [0.5, 0.6) is 0 Å². The maximum atomic E-state index is 13.6. The van der Waals surface area contributed by atoms with Crippen molar-refractivity contribution in [2.24, 2.45) is 4.99 Å². The molecule has 0 saturated heterocycles. The Hall–Kier alpha value is -3.57. The minimum Gasteiger partial charge on any atom is -0.272 e. The van der Waals surface area contributed by atoms with Gasteiger partial charge in [0.05, 0.1) is 16.3 Å². The zero-order valence-electron chi connectivity index (χ0n) is 17.2. The van der Waals surface area contributed by atoms with Crippen LogP contribution < -0.4 is 14.9 Å². The Kier molecular flexibility index (Phi) is 4.51. The van der Waals surface area contributed by atoms with Gasteiger partial charge in [-0.1, -0.05) is 78.1 Å². The lowest BCUT2D eigenvalue weighted by molar-refractivity contribution is 0.585. The third kappa shape index (κ3) is 3.09. The van der Waals surface area contributed by atoms with Gasteiger partial charge in [0.2, 0.25) is 0 Å². The molecule has 1 atom stereocenters. The lowest BCUT2D eigenvalue weighted by atomic mass is 9.83. The summed E-state index contributed by atoms with van der Waals surface area (Å²) in [5.74, 6) is -0.293. The molecule has 6 rings (SSSR count). The van der Waals surface area contributed by atoms with Gasteiger partial charge in [0.15, 0.2) is 4.80 Å². The largest absolute Gasteiger partial charge is 0.272 e. The van der Waals surface area contributed by atoms with Crippen LogP contribution in [0.4, 0.5) is 4.39 Å². The molecule has 2 heterocycles. The highest BCUT2D eigenvalue weighted by atomic mass is 32.1. The van der Waals surface area contributed by atoms with E-state index in [4.69, 9.17) is 4.99 Å². The number of halogens is 1. The first-order valence-electron chi connectivity index (χ1n) is 10.6. The van der Waals surface area contributed by atoms with Gasteiger partial charge < -0.3 is 0 Å². The van der Waals surface area contributed by atoms with Gasteiger partial charge in [0.1, 0.15) is 5.82 Å². The standard InChI is InChI=1S/C27H19FN2OS/c28-20-13-10-17(11-14-20)16-23-26(31)30-25(19-7-2-1-3-8-19)22-15-12-18-6-4-5-9-21(18)24(22)29-27(30)32-23/h1-11,13-14,16,25H,12,15H2/b23-16-/t25-/m1/s1. The quantitative estimate of drug-likeness (QED) is 0.455. The fourth-order valence-electron chi connectivity index (χ4n) is 4.67. The number of thiazole rings is 1. The summed E-state index contributed by atoms with van der Waals surface area (Å²) in [6.07, 6.45) is 3.63. The lowest BCUT2D eigenvalue weighted by Gasteiger charge is -2.30. The number of aryl methyl sites for hydroxylation is 1. The molecule has 0 spiro atoms. The van der Waals surface area contributed by atoms with Crippen molar-refractivity contribution in [2.45, 2.75) is 18.9 Å². The molecule has 0 amide bonds. The molecule has 2 aliphatic rings. The van der Waals surface area contributed by atoms with E-state index >= 15 is 0 Å². The van der Waals surface area contributed by atoms with E-state index in [1.807, 2.05) is 34.9 Å². The van der Waals surface area contributed by atoms with E-state index in [2.05, 4.69) is 30.3 Å². The summed E-state index contributed by atoms with van der Waals surface area (Å²) < 4.78 is 15.8. The molecule has 5 heteroatoms. The number of fused-ring (bicyclic) bond motifs is 3. The fourth-order valence-corrected chi connectivity index (χ4v) is 5.67. The van der Waals surface area contributed by atoms with Crippen molar-refractivity contribution < 1.29 is 4.39 Å². The third-order valence-corrected chi connectivity index (χ3v) is 7.14. The van der Waals surface area contributed by atoms with Gasteiger partial charge in [-0.25, -0.2) is 9.38 Å². The Morgan fingerprint density at radius 1 is 0.938 bits per heavy atom. The number of benzene rings is 3. The summed E-state index contributed by atoms with van der Waals surface area (Å²) in [4.78, 5) is 19.3. The Labute approximate surface area is 188 Å². The van der Waals surface area contributed by atoms with Gasteiger partial charge in [-0.2, -0.15) is 0 Å². The fraction of sp³-hybridized carbons (Fsp3) is 0.111. The first kappa shape index (κ1) is 19.1. The number of aromatic nitrogens is 1. The van der Waals surface area contributed by atoms with Crippen molar-refractivity contribution in [3.05, 3.63) is 132 Å². The SMILES string of the molecule is O=c1/c(=C/c2ccc(F)cc2)sc2n1[C@H](c1ccccc1)C1=C(N=2)c2ccccc2CC1. The maximum absolute atomic E-state index is 13.6. The molecule has 1 aliphatic carbocycles. The van der Waals surface area contributed by atoms with E-state index in [9.17, 15) is 9.18 Å². The summed E-state index contributed by atoms with van der Waals surface area (Å²) in [5, 5.41) is 0. The molecule has 4 aromatic rings. The monoisotopic (exact) mass is 438 g/mol. The lowest BCUT2D eigenvalue weighted by Crippen LogP contribution is -2.38. The van der Waals surface area contributed by atoms with Gasteiger partial charge in [0.25, 0.3) is 5.56 Å². The van der Waals surface area contributed by atoms with Crippen molar-refractivity contribution in [3.8, 4) is 0 Å². The Bertz CT molecular complexity index is 1550. The first-order chi connectivity index (χ1) is 15.7. The van der Waals surface area contributed by atoms with Crippen LogP contribution >= 0.6 is 11.3 Å². The predicted molar refractivity (Wildman–Crippen MR) is 126 cm³/mol. The number of nitrogens with zero attached hydrogens (tertiary/aromatic N) is 2. The number of allylic oxidation sites excluding steroid dienone is 1. The number of hydrogen-bond acceptors (Lipinski definition) is 3. The van der Waals surface area contributed by atoms with Crippen molar-refractivity contribution >= 4 is 23.1 Å². The molecule has 0 N–H and O–H groups in total. The van der Waals surface area contributed by atoms with E-state index in [1.165, 1.54) is 34.6 Å². The van der Waals surface area contributed by atoms with Crippen LogP contribution in [0.2, 0.25) is 0 Å². The first-order valence-corrected chi connectivity index (χ1v) is 11.4.